The Balaban J connectivity index is 2.33. The molecule has 0 aromatic heterocycles. The van der Waals surface area contributed by atoms with Gasteiger partial charge in [-0.2, -0.15) is 0 Å². The van der Waals surface area contributed by atoms with Gasteiger partial charge in [-0.05, 0) is 18.2 Å². The number of likely N-dealkylation sites (tertiary alicyclic amines) is 1. The number of carboxylic acids is 1. The van der Waals surface area contributed by atoms with E-state index in [1.807, 2.05) is 0 Å². The van der Waals surface area contributed by atoms with Crippen molar-refractivity contribution >= 4 is 39.4 Å². The van der Waals surface area contributed by atoms with Crippen LogP contribution in [0.1, 0.15) is 16.8 Å². The monoisotopic (exact) mass is 347 g/mol. The molecule has 102 valence electrons. The summed E-state index contributed by atoms with van der Waals surface area (Å²) in [6.45, 7) is -0.00135. The molecule has 1 heterocycles. The average molecular weight is 349 g/mol. The highest BCUT2D eigenvalue weighted by atomic mass is 79.9. The first-order valence-electron chi connectivity index (χ1n) is 5.57. The summed E-state index contributed by atoms with van der Waals surface area (Å²) in [4.78, 5) is 24.6. The second-order valence-electron chi connectivity index (χ2n) is 4.33. The standard InChI is InChI=1S/C12H11BrClNO4/c13-6-1-2-9(14)8(3-6)11(17)15-5-7(16)4-10(15)12(18)19/h1-3,7,10,16H,4-5H2,(H,18,19). The molecule has 0 bridgehead atoms. The van der Waals surface area contributed by atoms with Crippen molar-refractivity contribution in [2.45, 2.75) is 18.6 Å². The average Bonchev–Trinajstić information content (AvgIpc) is 2.74. The van der Waals surface area contributed by atoms with Crippen LogP contribution in [-0.4, -0.2) is 45.7 Å². The molecule has 1 saturated heterocycles. The van der Waals surface area contributed by atoms with Gasteiger partial charge in [0, 0.05) is 17.4 Å². The van der Waals surface area contributed by atoms with Gasteiger partial charge in [0.25, 0.3) is 5.91 Å². The molecule has 2 unspecified atom stereocenters. The van der Waals surface area contributed by atoms with Crippen LogP contribution in [-0.2, 0) is 4.79 Å². The van der Waals surface area contributed by atoms with Gasteiger partial charge in [-0.15, -0.1) is 0 Å². The highest BCUT2D eigenvalue weighted by molar-refractivity contribution is 9.10. The third kappa shape index (κ3) is 2.91. The number of β-amino-alcohol motifs (C(OH)–C–C–N with tert-alkyl or cyclic N) is 1. The van der Waals surface area contributed by atoms with E-state index in [-0.39, 0.29) is 23.6 Å². The lowest BCUT2D eigenvalue weighted by Gasteiger charge is -2.21. The van der Waals surface area contributed by atoms with Crippen LogP contribution in [0, 0.1) is 0 Å². The lowest BCUT2D eigenvalue weighted by molar-refractivity contribution is -0.141. The number of amides is 1. The molecule has 2 N–H and O–H groups in total. The smallest absolute Gasteiger partial charge is 0.326 e. The molecule has 0 saturated carbocycles. The molecule has 1 aromatic rings. The van der Waals surface area contributed by atoms with Crippen molar-refractivity contribution < 1.29 is 19.8 Å². The van der Waals surface area contributed by atoms with Crippen LogP contribution < -0.4 is 0 Å². The molecule has 1 amide bonds. The number of benzene rings is 1. The number of aliphatic carboxylic acids is 1. The predicted molar refractivity (Wildman–Crippen MR) is 72.2 cm³/mol. The maximum absolute atomic E-state index is 12.3. The first kappa shape index (κ1) is 14.3. The van der Waals surface area contributed by atoms with Crippen LogP contribution in [0.15, 0.2) is 22.7 Å². The van der Waals surface area contributed by atoms with E-state index in [0.29, 0.717) is 4.47 Å². The number of carboxylic acid groups (broad SMARTS) is 1. The fourth-order valence-electron chi connectivity index (χ4n) is 2.09. The minimum Gasteiger partial charge on any atom is -0.480 e. The zero-order valence-corrected chi connectivity index (χ0v) is 12.1. The fourth-order valence-corrected chi connectivity index (χ4v) is 2.65. The van der Waals surface area contributed by atoms with Gasteiger partial charge in [0.05, 0.1) is 16.7 Å². The van der Waals surface area contributed by atoms with E-state index in [4.69, 9.17) is 16.7 Å². The summed E-state index contributed by atoms with van der Waals surface area (Å²) in [7, 11) is 0. The van der Waals surface area contributed by atoms with E-state index in [1.54, 1.807) is 12.1 Å². The van der Waals surface area contributed by atoms with E-state index in [0.717, 1.165) is 4.90 Å². The Morgan fingerprint density at radius 1 is 1.42 bits per heavy atom. The highest BCUT2D eigenvalue weighted by Crippen LogP contribution is 2.26. The van der Waals surface area contributed by atoms with Crippen molar-refractivity contribution in [1.29, 1.82) is 0 Å². The Kier molecular flexibility index (Phi) is 4.13. The molecule has 1 aliphatic rings. The zero-order valence-electron chi connectivity index (χ0n) is 9.72. The fraction of sp³-hybridized carbons (Fsp3) is 0.333. The van der Waals surface area contributed by atoms with Crippen LogP contribution in [0.5, 0.6) is 0 Å². The highest BCUT2D eigenvalue weighted by Gasteiger charge is 2.39. The molecule has 0 spiro atoms. The molecule has 0 radical (unpaired) electrons. The van der Waals surface area contributed by atoms with Crippen molar-refractivity contribution in [2.24, 2.45) is 0 Å². The van der Waals surface area contributed by atoms with E-state index >= 15 is 0 Å². The summed E-state index contributed by atoms with van der Waals surface area (Å²) >= 11 is 9.19. The normalized spacial score (nSPS) is 22.6. The van der Waals surface area contributed by atoms with Gasteiger partial charge in [0.2, 0.25) is 0 Å². The first-order valence-corrected chi connectivity index (χ1v) is 6.74. The number of carbonyl (C=O) groups excluding carboxylic acids is 1. The van der Waals surface area contributed by atoms with Gasteiger partial charge in [-0.25, -0.2) is 4.79 Å². The van der Waals surface area contributed by atoms with E-state index in [2.05, 4.69) is 15.9 Å². The first-order chi connectivity index (χ1) is 8.90. The van der Waals surface area contributed by atoms with E-state index in [9.17, 15) is 14.7 Å². The number of carbonyl (C=O) groups is 2. The number of hydrogen-bond acceptors (Lipinski definition) is 3. The summed E-state index contributed by atoms with van der Waals surface area (Å²) in [6, 6.07) is 3.76. The van der Waals surface area contributed by atoms with Gasteiger partial charge in [-0.3, -0.25) is 4.79 Å². The van der Waals surface area contributed by atoms with Gasteiger partial charge in [-0.1, -0.05) is 27.5 Å². The summed E-state index contributed by atoms with van der Waals surface area (Å²) in [6.07, 6.45) is -0.789. The molecule has 19 heavy (non-hydrogen) atoms. The van der Waals surface area contributed by atoms with Crippen molar-refractivity contribution in [1.82, 2.24) is 4.90 Å². The minimum absolute atomic E-state index is 0.00135. The molecule has 7 heteroatoms. The Morgan fingerprint density at radius 3 is 2.74 bits per heavy atom. The Labute approximate surface area is 122 Å². The van der Waals surface area contributed by atoms with E-state index < -0.39 is 24.0 Å². The molecule has 1 aliphatic heterocycles. The maximum atomic E-state index is 12.3. The molecule has 1 aromatic carbocycles. The quantitative estimate of drug-likeness (QED) is 0.854. The number of halogens is 2. The number of nitrogens with zero attached hydrogens (tertiary/aromatic N) is 1. The molecule has 2 rings (SSSR count). The van der Waals surface area contributed by atoms with Crippen molar-refractivity contribution in [3.63, 3.8) is 0 Å². The lowest BCUT2D eigenvalue weighted by Crippen LogP contribution is -2.40. The van der Waals surface area contributed by atoms with Gasteiger partial charge < -0.3 is 15.1 Å². The molecule has 2 atom stereocenters. The Hall–Kier alpha value is -1.11. The van der Waals surface area contributed by atoms with Crippen LogP contribution in [0.3, 0.4) is 0 Å². The minimum atomic E-state index is -1.13. The van der Waals surface area contributed by atoms with Crippen molar-refractivity contribution in [2.75, 3.05) is 6.54 Å². The summed E-state index contributed by atoms with van der Waals surface area (Å²) in [5.74, 6) is -1.62. The predicted octanol–water partition coefficient (Wildman–Crippen LogP) is 1.76. The zero-order chi connectivity index (χ0) is 14.2. The number of rotatable bonds is 2. The topological polar surface area (TPSA) is 77.8 Å². The van der Waals surface area contributed by atoms with Crippen LogP contribution in [0.2, 0.25) is 5.02 Å². The Morgan fingerprint density at radius 2 is 2.11 bits per heavy atom. The van der Waals surface area contributed by atoms with Gasteiger partial charge >= 0.3 is 5.97 Å². The molecular weight excluding hydrogens is 337 g/mol. The molecule has 0 aliphatic carbocycles. The van der Waals surface area contributed by atoms with Crippen LogP contribution in [0.4, 0.5) is 0 Å². The number of aliphatic hydroxyl groups is 1. The third-order valence-corrected chi connectivity index (χ3v) is 3.81. The largest absolute Gasteiger partial charge is 0.480 e. The number of hydrogen-bond donors (Lipinski definition) is 2. The molecule has 5 nitrogen and oxygen atoms in total. The molecule has 1 fully saturated rings. The number of aliphatic hydroxyl groups excluding tert-OH is 1. The van der Waals surface area contributed by atoms with Crippen LogP contribution in [0.25, 0.3) is 0 Å². The lowest BCUT2D eigenvalue weighted by atomic mass is 10.1. The summed E-state index contributed by atoms with van der Waals surface area (Å²) in [5, 5.41) is 18.9. The van der Waals surface area contributed by atoms with Gasteiger partial charge in [0.15, 0.2) is 0 Å². The summed E-state index contributed by atoms with van der Waals surface area (Å²) in [5.41, 5.74) is 0.219. The van der Waals surface area contributed by atoms with Crippen LogP contribution >= 0.6 is 27.5 Å². The maximum Gasteiger partial charge on any atom is 0.326 e. The third-order valence-electron chi connectivity index (χ3n) is 2.98. The van der Waals surface area contributed by atoms with E-state index in [1.165, 1.54) is 6.07 Å². The van der Waals surface area contributed by atoms with Crippen molar-refractivity contribution in [3.8, 4) is 0 Å². The Bertz CT molecular complexity index is 536. The van der Waals surface area contributed by atoms with Crippen molar-refractivity contribution in [3.05, 3.63) is 33.3 Å². The second kappa shape index (κ2) is 5.48. The summed E-state index contributed by atoms with van der Waals surface area (Å²) < 4.78 is 0.673. The van der Waals surface area contributed by atoms with Gasteiger partial charge in [0.1, 0.15) is 6.04 Å². The SMILES string of the molecule is O=C(O)C1CC(O)CN1C(=O)c1cc(Br)ccc1Cl. The second-order valence-corrected chi connectivity index (χ2v) is 5.65. The molecular formula is C12H11BrClNO4.